The third-order valence-corrected chi connectivity index (χ3v) is 2.61. The van der Waals surface area contributed by atoms with Crippen LogP contribution in [0.1, 0.15) is 16.8 Å². The van der Waals surface area contributed by atoms with Gasteiger partial charge in [0.25, 0.3) is 0 Å². The summed E-state index contributed by atoms with van der Waals surface area (Å²) in [6.45, 7) is 1.51. The van der Waals surface area contributed by atoms with Gasteiger partial charge in [-0.05, 0) is 45.3 Å². The number of benzene rings is 1. The van der Waals surface area contributed by atoms with E-state index < -0.39 is 5.97 Å². The van der Waals surface area contributed by atoms with Crippen molar-refractivity contribution in [3.8, 4) is 0 Å². The number of hydrogen-bond acceptors (Lipinski definition) is 4. The van der Waals surface area contributed by atoms with Crippen LogP contribution in [-0.4, -0.2) is 51.2 Å². The lowest BCUT2D eigenvalue weighted by atomic mass is 10.2. The standard InChI is InChI=1S/C14H21N3O3/c1-17(2)9-5-8-15-14(19)16-12-7-4-6-11(10-12)13(18)20-3/h4,6-7,10H,5,8-9H2,1-3H3,(H2,15,16,19). The van der Waals surface area contributed by atoms with E-state index in [1.807, 2.05) is 14.1 Å². The Kier molecular flexibility index (Phi) is 6.52. The first-order valence-electron chi connectivity index (χ1n) is 6.41. The lowest BCUT2D eigenvalue weighted by molar-refractivity contribution is 0.0600. The van der Waals surface area contributed by atoms with Crippen LogP contribution >= 0.6 is 0 Å². The smallest absolute Gasteiger partial charge is 0.337 e. The van der Waals surface area contributed by atoms with Crippen molar-refractivity contribution in [1.29, 1.82) is 0 Å². The molecule has 0 atom stereocenters. The highest BCUT2D eigenvalue weighted by Crippen LogP contribution is 2.11. The van der Waals surface area contributed by atoms with Crippen LogP contribution in [0.25, 0.3) is 0 Å². The zero-order valence-corrected chi connectivity index (χ0v) is 12.1. The number of amides is 2. The number of esters is 1. The first-order chi connectivity index (χ1) is 9.52. The van der Waals surface area contributed by atoms with Crippen LogP contribution in [0.2, 0.25) is 0 Å². The van der Waals surface area contributed by atoms with E-state index in [0.29, 0.717) is 17.8 Å². The summed E-state index contributed by atoms with van der Waals surface area (Å²) in [5, 5.41) is 5.43. The normalized spacial score (nSPS) is 10.2. The van der Waals surface area contributed by atoms with Gasteiger partial charge in [0.05, 0.1) is 12.7 Å². The van der Waals surface area contributed by atoms with Gasteiger partial charge in [0.1, 0.15) is 0 Å². The minimum Gasteiger partial charge on any atom is -0.465 e. The fraction of sp³-hybridized carbons (Fsp3) is 0.429. The van der Waals surface area contributed by atoms with Crippen LogP contribution in [0, 0.1) is 0 Å². The van der Waals surface area contributed by atoms with Gasteiger partial charge in [0, 0.05) is 12.2 Å². The maximum atomic E-state index is 11.7. The molecule has 0 unspecified atom stereocenters. The fourth-order valence-electron chi connectivity index (χ4n) is 1.61. The molecule has 0 aliphatic carbocycles. The monoisotopic (exact) mass is 279 g/mol. The average Bonchev–Trinajstić information content (AvgIpc) is 2.43. The number of hydrogen-bond donors (Lipinski definition) is 2. The Labute approximate surface area is 119 Å². The molecule has 6 heteroatoms. The predicted octanol–water partition coefficient (Wildman–Crippen LogP) is 1.55. The number of nitrogens with zero attached hydrogens (tertiary/aromatic N) is 1. The minimum atomic E-state index is -0.431. The zero-order valence-electron chi connectivity index (χ0n) is 12.1. The van der Waals surface area contributed by atoms with Crippen LogP contribution < -0.4 is 10.6 Å². The van der Waals surface area contributed by atoms with Crippen molar-refractivity contribution in [2.45, 2.75) is 6.42 Å². The Morgan fingerprint density at radius 2 is 2.05 bits per heavy atom. The Balaban J connectivity index is 2.43. The molecule has 0 heterocycles. The van der Waals surface area contributed by atoms with Crippen molar-refractivity contribution in [3.05, 3.63) is 29.8 Å². The molecule has 2 N–H and O–H groups in total. The summed E-state index contributed by atoms with van der Waals surface area (Å²) in [5.74, 6) is -0.431. The lowest BCUT2D eigenvalue weighted by Gasteiger charge is -2.11. The second-order valence-electron chi connectivity index (χ2n) is 4.61. The molecule has 0 saturated heterocycles. The van der Waals surface area contributed by atoms with Crippen LogP contribution in [0.15, 0.2) is 24.3 Å². The van der Waals surface area contributed by atoms with Gasteiger partial charge in [-0.2, -0.15) is 0 Å². The summed E-state index contributed by atoms with van der Waals surface area (Å²) in [5.41, 5.74) is 0.955. The first kappa shape index (κ1) is 16.0. The summed E-state index contributed by atoms with van der Waals surface area (Å²) in [7, 11) is 5.29. The van der Waals surface area contributed by atoms with Crippen molar-refractivity contribution in [1.82, 2.24) is 10.2 Å². The van der Waals surface area contributed by atoms with Crippen molar-refractivity contribution < 1.29 is 14.3 Å². The Morgan fingerprint density at radius 1 is 1.30 bits per heavy atom. The third-order valence-electron chi connectivity index (χ3n) is 2.61. The van der Waals surface area contributed by atoms with Crippen LogP contribution in [0.4, 0.5) is 10.5 Å². The molecule has 0 radical (unpaired) electrons. The van der Waals surface area contributed by atoms with Gasteiger partial charge >= 0.3 is 12.0 Å². The zero-order chi connectivity index (χ0) is 15.0. The number of urea groups is 1. The van der Waals surface area contributed by atoms with E-state index in [4.69, 9.17) is 0 Å². The maximum absolute atomic E-state index is 11.7. The number of rotatable bonds is 6. The number of carbonyl (C=O) groups excluding carboxylic acids is 2. The highest BCUT2D eigenvalue weighted by molar-refractivity contribution is 5.93. The molecule has 6 nitrogen and oxygen atoms in total. The van der Waals surface area contributed by atoms with E-state index in [1.165, 1.54) is 7.11 Å². The van der Waals surface area contributed by atoms with Crippen LogP contribution in [0.3, 0.4) is 0 Å². The van der Waals surface area contributed by atoms with Gasteiger partial charge in [0.15, 0.2) is 0 Å². The maximum Gasteiger partial charge on any atom is 0.337 e. The van der Waals surface area contributed by atoms with Crippen molar-refractivity contribution in [2.24, 2.45) is 0 Å². The Hall–Kier alpha value is -2.08. The molecule has 2 amide bonds. The van der Waals surface area contributed by atoms with Crippen molar-refractivity contribution >= 4 is 17.7 Å². The summed E-state index contributed by atoms with van der Waals surface area (Å²) in [6.07, 6.45) is 0.878. The molecule has 1 rings (SSSR count). The number of nitrogens with one attached hydrogen (secondary N) is 2. The van der Waals surface area contributed by atoms with Crippen LogP contribution in [0.5, 0.6) is 0 Å². The third kappa shape index (κ3) is 5.71. The lowest BCUT2D eigenvalue weighted by Crippen LogP contribution is -2.31. The second kappa shape index (κ2) is 8.16. The molecule has 0 aliphatic heterocycles. The van der Waals surface area contributed by atoms with Crippen LogP contribution in [-0.2, 0) is 4.74 Å². The summed E-state index contributed by atoms with van der Waals surface area (Å²) in [4.78, 5) is 25.1. The van der Waals surface area contributed by atoms with E-state index in [2.05, 4.69) is 20.3 Å². The quantitative estimate of drug-likeness (QED) is 0.612. The van der Waals surface area contributed by atoms with Gasteiger partial charge < -0.3 is 20.3 Å². The number of carbonyl (C=O) groups is 2. The van der Waals surface area contributed by atoms with Crippen molar-refractivity contribution in [3.63, 3.8) is 0 Å². The molecule has 0 saturated carbocycles. The molecule has 20 heavy (non-hydrogen) atoms. The molecular formula is C14H21N3O3. The average molecular weight is 279 g/mol. The topological polar surface area (TPSA) is 70.7 Å². The highest BCUT2D eigenvalue weighted by atomic mass is 16.5. The van der Waals surface area contributed by atoms with E-state index in [9.17, 15) is 9.59 Å². The molecule has 1 aromatic rings. The number of methoxy groups -OCH3 is 1. The molecule has 0 fully saturated rings. The Bertz CT molecular complexity index is 461. The molecule has 0 spiro atoms. The molecule has 1 aromatic carbocycles. The van der Waals surface area contributed by atoms with E-state index in [-0.39, 0.29) is 6.03 Å². The second-order valence-corrected chi connectivity index (χ2v) is 4.61. The van der Waals surface area contributed by atoms with Gasteiger partial charge in [-0.3, -0.25) is 0 Å². The molecular weight excluding hydrogens is 258 g/mol. The minimum absolute atomic E-state index is 0.286. The molecule has 0 aliphatic rings. The Morgan fingerprint density at radius 3 is 2.70 bits per heavy atom. The predicted molar refractivity (Wildman–Crippen MR) is 78.0 cm³/mol. The molecule has 0 bridgehead atoms. The highest BCUT2D eigenvalue weighted by Gasteiger charge is 2.07. The van der Waals surface area contributed by atoms with E-state index in [0.717, 1.165) is 13.0 Å². The summed E-state index contributed by atoms with van der Waals surface area (Å²) >= 11 is 0. The van der Waals surface area contributed by atoms with Gasteiger partial charge in [-0.1, -0.05) is 6.07 Å². The van der Waals surface area contributed by atoms with E-state index >= 15 is 0 Å². The number of anilines is 1. The summed E-state index contributed by atoms with van der Waals surface area (Å²) < 4.78 is 4.63. The largest absolute Gasteiger partial charge is 0.465 e. The molecule has 110 valence electrons. The molecule has 0 aromatic heterocycles. The van der Waals surface area contributed by atoms with Gasteiger partial charge in [-0.25, -0.2) is 9.59 Å². The van der Waals surface area contributed by atoms with E-state index in [1.54, 1.807) is 24.3 Å². The first-order valence-corrected chi connectivity index (χ1v) is 6.41. The fourth-order valence-corrected chi connectivity index (χ4v) is 1.61. The number of ether oxygens (including phenoxy) is 1. The van der Waals surface area contributed by atoms with Gasteiger partial charge in [-0.15, -0.1) is 0 Å². The summed E-state index contributed by atoms with van der Waals surface area (Å²) in [6, 6.07) is 6.32. The van der Waals surface area contributed by atoms with Gasteiger partial charge in [0.2, 0.25) is 0 Å². The van der Waals surface area contributed by atoms with Crippen molar-refractivity contribution in [2.75, 3.05) is 39.6 Å². The SMILES string of the molecule is COC(=O)c1cccc(NC(=O)NCCCN(C)C)c1.